The van der Waals surface area contributed by atoms with Gasteiger partial charge in [0.05, 0.1) is 11.0 Å². The average molecular weight is 604 g/mol. The van der Waals surface area contributed by atoms with Crippen LogP contribution in [0.25, 0.3) is 39.1 Å². The minimum absolute atomic E-state index is 1.05. The monoisotopic (exact) mass is 603 g/mol. The van der Waals surface area contributed by atoms with Crippen molar-refractivity contribution in [2.45, 2.75) is 0 Å². The largest absolute Gasteiger partial charge is 0.356 e. The van der Waals surface area contributed by atoms with Crippen LogP contribution < -0.4 is 10.6 Å². The van der Waals surface area contributed by atoms with Gasteiger partial charge in [-0.1, -0.05) is 109 Å². The third-order valence-electron chi connectivity index (χ3n) is 8.56. The minimum atomic E-state index is 1.05. The fourth-order valence-electron chi connectivity index (χ4n) is 6.26. The van der Waals surface area contributed by atoms with Gasteiger partial charge in [-0.3, -0.25) is 0 Å². The molecule has 0 spiro atoms. The van der Waals surface area contributed by atoms with Crippen molar-refractivity contribution in [1.82, 2.24) is 4.57 Å². The molecule has 47 heavy (non-hydrogen) atoms. The number of benzene rings is 7. The third-order valence-corrected chi connectivity index (χ3v) is 8.56. The maximum Gasteiger partial charge on any atom is 0.0541 e. The van der Waals surface area contributed by atoms with E-state index < -0.39 is 0 Å². The standard InChI is InChI=1S/C44H33N3/c1-3-11-35(12-4-1)45-37-25-19-32(20-26-37)31-42(33-21-27-38(28-22-33)46-36-13-5-2-6-14-36)34-23-29-39(30-24-34)47-43-17-9-7-15-40(43)41-16-8-10-18-44(41)47/h1-31,45-46H. The van der Waals surface area contributed by atoms with Crippen LogP contribution in [-0.2, 0) is 0 Å². The van der Waals surface area contributed by atoms with Crippen LogP contribution in [0.2, 0.25) is 0 Å². The highest BCUT2D eigenvalue weighted by Crippen LogP contribution is 2.34. The van der Waals surface area contributed by atoms with Crippen LogP contribution in [-0.4, -0.2) is 4.57 Å². The molecule has 1 aromatic heterocycles. The number of hydrogen-bond acceptors (Lipinski definition) is 2. The molecule has 7 aromatic carbocycles. The number of anilines is 4. The minimum Gasteiger partial charge on any atom is -0.356 e. The second kappa shape index (κ2) is 12.6. The van der Waals surface area contributed by atoms with E-state index in [4.69, 9.17) is 0 Å². The Labute approximate surface area is 275 Å². The molecule has 0 unspecified atom stereocenters. The van der Waals surface area contributed by atoms with Crippen LogP contribution in [0.1, 0.15) is 16.7 Å². The van der Waals surface area contributed by atoms with Crippen molar-refractivity contribution in [3.8, 4) is 5.69 Å². The van der Waals surface area contributed by atoms with E-state index in [0.29, 0.717) is 0 Å². The van der Waals surface area contributed by atoms with Crippen LogP contribution in [0.5, 0.6) is 0 Å². The van der Waals surface area contributed by atoms with Gasteiger partial charge >= 0.3 is 0 Å². The second-order valence-electron chi connectivity index (χ2n) is 11.7. The van der Waals surface area contributed by atoms with Gasteiger partial charge in [0.1, 0.15) is 0 Å². The SMILES string of the molecule is C(=C(c1ccc(Nc2ccccc2)cc1)c1ccc(-n2c3ccccc3c3ccccc32)cc1)c1ccc(Nc2ccccc2)cc1. The predicted molar refractivity (Wildman–Crippen MR) is 200 cm³/mol. The molecular formula is C44H33N3. The molecule has 0 radical (unpaired) electrons. The number of fused-ring (bicyclic) bond motifs is 3. The van der Waals surface area contributed by atoms with Crippen LogP contribution in [0.4, 0.5) is 22.7 Å². The lowest BCUT2D eigenvalue weighted by molar-refractivity contribution is 1.18. The van der Waals surface area contributed by atoms with Gasteiger partial charge < -0.3 is 15.2 Å². The van der Waals surface area contributed by atoms with Gasteiger partial charge in [0.25, 0.3) is 0 Å². The smallest absolute Gasteiger partial charge is 0.0541 e. The Morgan fingerprint density at radius 3 is 1.30 bits per heavy atom. The summed E-state index contributed by atoms with van der Waals surface area (Å²) in [6.45, 7) is 0. The van der Waals surface area contributed by atoms with Crippen molar-refractivity contribution in [2.24, 2.45) is 0 Å². The van der Waals surface area contributed by atoms with Crippen molar-refractivity contribution in [1.29, 1.82) is 0 Å². The molecule has 8 aromatic rings. The van der Waals surface area contributed by atoms with Crippen molar-refractivity contribution < 1.29 is 0 Å². The maximum atomic E-state index is 3.51. The van der Waals surface area contributed by atoms with Gasteiger partial charge in [-0.15, -0.1) is 0 Å². The first kappa shape index (κ1) is 28.2. The summed E-state index contributed by atoms with van der Waals surface area (Å²) in [5.41, 5.74) is 12.4. The van der Waals surface area contributed by atoms with Crippen molar-refractivity contribution in [3.05, 3.63) is 199 Å². The molecule has 224 valence electrons. The molecule has 0 bridgehead atoms. The number of nitrogens with one attached hydrogen (secondary N) is 2. The van der Waals surface area contributed by atoms with E-state index in [1.807, 2.05) is 36.4 Å². The molecule has 8 rings (SSSR count). The zero-order valence-electron chi connectivity index (χ0n) is 25.8. The summed E-state index contributed by atoms with van der Waals surface area (Å²) in [6.07, 6.45) is 2.28. The highest BCUT2D eigenvalue weighted by molar-refractivity contribution is 6.09. The number of rotatable bonds is 8. The lowest BCUT2D eigenvalue weighted by Gasteiger charge is -2.14. The van der Waals surface area contributed by atoms with E-state index in [0.717, 1.165) is 50.7 Å². The van der Waals surface area contributed by atoms with E-state index in [9.17, 15) is 0 Å². The topological polar surface area (TPSA) is 29.0 Å². The predicted octanol–water partition coefficient (Wildman–Crippen LogP) is 11.9. The molecule has 0 amide bonds. The van der Waals surface area contributed by atoms with Crippen molar-refractivity contribution >= 4 is 56.2 Å². The Bertz CT molecular complexity index is 2250. The second-order valence-corrected chi connectivity index (χ2v) is 11.7. The summed E-state index contributed by atoms with van der Waals surface area (Å²) < 4.78 is 2.36. The van der Waals surface area contributed by atoms with Crippen LogP contribution in [0.15, 0.2) is 182 Å². The van der Waals surface area contributed by atoms with Crippen molar-refractivity contribution in [2.75, 3.05) is 10.6 Å². The van der Waals surface area contributed by atoms with Gasteiger partial charge in [-0.2, -0.15) is 0 Å². The Balaban J connectivity index is 1.16. The zero-order chi connectivity index (χ0) is 31.4. The average Bonchev–Trinajstić information content (AvgIpc) is 3.47. The molecule has 0 saturated heterocycles. The van der Waals surface area contributed by atoms with Crippen LogP contribution >= 0.6 is 0 Å². The molecule has 3 heteroatoms. The maximum absolute atomic E-state index is 3.51. The van der Waals surface area contributed by atoms with Gasteiger partial charge in [0.2, 0.25) is 0 Å². The summed E-state index contributed by atoms with van der Waals surface area (Å²) in [7, 11) is 0. The molecule has 0 atom stereocenters. The number of nitrogens with zero attached hydrogens (tertiary/aromatic N) is 1. The fraction of sp³-hybridized carbons (Fsp3) is 0. The lowest BCUT2D eigenvalue weighted by Crippen LogP contribution is -1.95. The van der Waals surface area contributed by atoms with Crippen LogP contribution in [0, 0.1) is 0 Å². The van der Waals surface area contributed by atoms with Gasteiger partial charge in [-0.05, 0) is 101 Å². The first-order valence-corrected chi connectivity index (χ1v) is 15.9. The van der Waals surface area contributed by atoms with Gasteiger partial charge in [0, 0.05) is 39.2 Å². The third kappa shape index (κ3) is 5.90. The Hall–Kier alpha value is -6.32. The summed E-state index contributed by atoms with van der Waals surface area (Å²) >= 11 is 0. The highest BCUT2D eigenvalue weighted by atomic mass is 15.0. The Morgan fingerprint density at radius 2 is 0.787 bits per heavy atom. The molecule has 0 aliphatic rings. The summed E-state index contributed by atoms with van der Waals surface area (Å²) in [5.74, 6) is 0. The molecule has 0 aliphatic carbocycles. The number of hydrogen-bond donors (Lipinski definition) is 2. The molecular weight excluding hydrogens is 571 g/mol. The van der Waals surface area contributed by atoms with E-state index >= 15 is 0 Å². The Morgan fingerprint density at radius 1 is 0.383 bits per heavy atom. The molecule has 0 aliphatic heterocycles. The first-order chi connectivity index (χ1) is 23.3. The summed E-state index contributed by atoms with van der Waals surface area (Å²) in [6, 6.07) is 64.1. The first-order valence-electron chi connectivity index (χ1n) is 15.9. The number of para-hydroxylation sites is 4. The van der Waals surface area contributed by atoms with Crippen molar-refractivity contribution in [3.63, 3.8) is 0 Å². The van der Waals surface area contributed by atoms with Gasteiger partial charge in [-0.25, -0.2) is 0 Å². The van der Waals surface area contributed by atoms with Gasteiger partial charge in [0.15, 0.2) is 0 Å². The molecule has 0 saturated carbocycles. The van der Waals surface area contributed by atoms with E-state index in [-0.39, 0.29) is 0 Å². The fourth-order valence-corrected chi connectivity index (χ4v) is 6.26. The Kier molecular flexibility index (Phi) is 7.54. The lowest BCUT2D eigenvalue weighted by atomic mass is 9.95. The normalized spacial score (nSPS) is 11.5. The van der Waals surface area contributed by atoms with Crippen LogP contribution in [0.3, 0.4) is 0 Å². The van der Waals surface area contributed by atoms with E-state index in [2.05, 4.69) is 167 Å². The summed E-state index contributed by atoms with van der Waals surface area (Å²) in [4.78, 5) is 0. The highest BCUT2D eigenvalue weighted by Gasteiger charge is 2.13. The molecule has 3 nitrogen and oxygen atoms in total. The number of aromatic nitrogens is 1. The van der Waals surface area contributed by atoms with E-state index in [1.54, 1.807) is 0 Å². The molecule has 1 heterocycles. The van der Waals surface area contributed by atoms with E-state index in [1.165, 1.54) is 21.8 Å². The zero-order valence-corrected chi connectivity index (χ0v) is 25.8. The summed E-state index contributed by atoms with van der Waals surface area (Å²) in [5, 5.41) is 9.53. The quantitative estimate of drug-likeness (QED) is 0.169. The molecule has 0 fully saturated rings. The molecule has 2 N–H and O–H groups in total.